The molecule has 2 N–H and O–H groups in total. The second-order valence-corrected chi connectivity index (χ2v) is 8.30. The van der Waals surface area contributed by atoms with Gasteiger partial charge in [-0.1, -0.05) is 6.07 Å². The number of nitrogens with two attached hydrogens (primary N) is 1. The Morgan fingerprint density at radius 3 is 2.45 bits per heavy atom. The summed E-state index contributed by atoms with van der Waals surface area (Å²) in [4.78, 5) is 0.421. The number of benzene rings is 1. The average molecular weight is 345 g/mol. The lowest BCUT2D eigenvalue weighted by Crippen LogP contribution is -2.43. The van der Waals surface area contributed by atoms with E-state index in [0.29, 0.717) is 17.4 Å². The number of aryl methyl sites for hydroxylation is 2. The smallest absolute Gasteiger partial charge is 0.243 e. The SMILES string of the molecule is CN(C(CN)C1CC1)S(=O)(=O)c1ccc2c(c1)CCCC2.Cl. The van der Waals surface area contributed by atoms with Gasteiger partial charge >= 0.3 is 0 Å². The molecule has 0 radical (unpaired) electrons. The number of fused-ring (bicyclic) bond motifs is 1. The first kappa shape index (κ1) is 17.7. The van der Waals surface area contributed by atoms with Crippen molar-refractivity contribution in [3.8, 4) is 0 Å². The van der Waals surface area contributed by atoms with E-state index in [2.05, 4.69) is 0 Å². The average Bonchev–Trinajstić information content (AvgIpc) is 3.32. The predicted octanol–water partition coefficient (Wildman–Crippen LogP) is 2.35. The topological polar surface area (TPSA) is 63.4 Å². The third-order valence-electron chi connectivity index (χ3n) is 4.87. The molecule has 1 atom stereocenters. The number of rotatable bonds is 5. The summed E-state index contributed by atoms with van der Waals surface area (Å²) in [6, 6.07) is 5.56. The Balaban J connectivity index is 0.00000176. The summed E-state index contributed by atoms with van der Waals surface area (Å²) >= 11 is 0. The van der Waals surface area contributed by atoms with Crippen LogP contribution in [0.2, 0.25) is 0 Å². The van der Waals surface area contributed by atoms with Crippen LogP contribution in [0.25, 0.3) is 0 Å². The molecular formula is C16H25ClN2O2S. The van der Waals surface area contributed by atoms with Crippen LogP contribution >= 0.6 is 12.4 Å². The monoisotopic (exact) mass is 344 g/mol. The molecule has 6 heteroatoms. The largest absolute Gasteiger partial charge is 0.329 e. The van der Waals surface area contributed by atoms with Gasteiger partial charge in [-0.15, -0.1) is 12.4 Å². The molecule has 1 unspecified atom stereocenters. The Morgan fingerprint density at radius 2 is 1.86 bits per heavy atom. The minimum atomic E-state index is -3.44. The summed E-state index contributed by atoms with van der Waals surface area (Å²) in [5.41, 5.74) is 8.30. The van der Waals surface area contributed by atoms with Gasteiger partial charge in [0.05, 0.1) is 4.90 Å². The molecule has 4 nitrogen and oxygen atoms in total. The van der Waals surface area contributed by atoms with Crippen molar-refractivity contribution >= 4 is 22.4 Å². The van der Waals surface area contributed by atoms with E-state index < -0.39 is 10.0 Å². The molecule has 22 heavy (non-hydrogen) atoms. The highest BCUT2D eigenvalue weighted by Crippen LogP contribution is 2.36. The van der Waals surface area contributed by atoms with Crippen molar-refractivity contribution < 1.29 is 8.42 Å². The Hall–Kier alpha value is -0.620. The molecule has 2 aliphatic rings. The van der Waals surface area contributed by atoms with Crippen molar-refractivity contribution in [2.45, 2.75) is 49.5 Å². The Kier molecular flexibility index (Phi) is 5.54. The molecule has 0 heterocycles. The maximum Gasteiger partial charge on any atom is 0.243 e. The standard InChI is InChI=1S/C16H24N2O2S.ClH/c1-18(16(11-17)13-6-7-13)21(19,20)15-9-8-12-4-2-3-5-14(12)10-15;/h8-10,13,16H,2-7,11,17H2,1H3;1H. The maximum atomic E-state index is 12.8. The van der Waals surface area contributed by atoms with E-state index in [1.165, 1.54) is 21.9 Å². The van der Waals surface area contributed by atoms with Crippen LogP contribution in [-0.4, -0.2) is 32.4 Å². The fourth-order valence-electron chi connectivity index (χ4n) is 3.33. The second kappa shape index (κ2) is 6.87. The summed E-state index contributed by atoms with van der Waals surface area (Å²) in [5.74, 6) is 0.437. The van der Waals surface area contributed by atoms with Crippen molar-refractivity contribution in [3.05, 3.63) is 29.3 Å². The maximum absolute atomic E-state index is 12.8. The number of nitrogens with zero attached hydrogens (tertiary/aromatic N) is 1. The zero-order valence-electron chi connectivity index (χ0n) is 13.0. The molecular weight excluding hydrogens is 320 g/mol. The number of likely N-dealkylation sites (N-methyl/N-ethyl adjacent to an activating group) is 1. The summed E-state index contributed by atoms with van der Waals surface area (Å²) in [6.07, 6.45) is 6.60. The van der Waals surface area contributed by atoms with E-state index in [4.69, 9.17) is 5.73 Å². The molecule has 0 spiro atoms. The molecule has 2 aliphatic carbocycles. The van der Waals surface area contributed by atoms with Crippen molar-refractivity contribution in [1.29, 1.82) is 0 Å². The molecule has 124 valence electrons. The van der Waals surface area contributed by atoms with Gasteiger partial charge in [-0.2, -0.15) is 4.31 Å². The molecule has 3 rings (SSSR count). The lowest BCUT2D eigenvalue weighted by atomic mass is 9.92. The van der Waals surface area contributed by atoms with E-state index >= 15 is 0 Å². The van der Waals surface area contributed by atoms with E-state index in [0.717, 1.165) is 32.1 Å². The fraction of sp³-hybridized carbons (Fsp3) is 0.625. The Labute approximate surface area is 139 Å². The van der Waals surface area contributed by atoms with Gasteiger partial charge < -0.3 is 5.73 Å². The van der Waals surface area contributed by atoms with Crippen LogP contribution in [0, 0.1) is 5.92 Å². The zero-order chi connectivity index (χ0) is 15.0. The molecule has 1 saturated carbocycles. The molecule has 1 aromatic carbocycles. The molecule has 1 aromatic rings. The van der Waals surface area contributed by atoms with Crippen molar-refractivity contribution in [2.75, 3.05) is 13.6 Å². The lowest BCUT2D eigenvalue weighted by Gasteiger charge is -2.27. The first-order valence-electron chi connectivity index (χ1n) is 7.84. The van der Waals surface area contributed by atoms with Crippen LogP contribution in [-0.2, 0) is 22.9 Å². The molecule has 0 amide bonds. The van der Waals surface area contributed by atoms with Crippen molar-refractivity contribution in [3.63, 3.8) is 0 Å². The van der Waals surface area contributed by atoms with Gasteiger partial charge in [0.1, 0.15) is 0 Å². The summed E-state index contributed by atoms with van der Waals surface area (Å²) in [6.45, 7) is 0.394. The Morgan fingerprint density at radius 1 is 1.23 bits per heavy atom. The minimum absolute atomic E-state index is 0. The number of sulfonamides is 1. The Bertz CT molecular complexity index is 629. The third kappa shape index (κ3) is 3.32. The zero-order valence-corrected chi connectivity index (χ0v) is 14.6. The van der Waals surface area contributed by atoms with E-state index in [1.807, 2.05) is 12.1 Å². The van der Waals surface area contributed by atoms with Gasteiger partial charge in [0.25, 0.3) is 0 Å². The van der Waals surface area contributed by atoms with Crippen molar-refractivity contribution in [1.82, 2.24) is 4.31 Å². The van der Waals surface area contributed by atoms with Gasteiger partial charge in [-0.25, -0.2) is 8.42 Å². The molecule has 0 aliphatic heterocycles. The predicted molar refractivity (Wildman–Crippen MR) is 90.8 cm³/mol. The summed E-state index contributed by atoms with van der Waals surface area (Å²) < 4.78 is 27.1. The first-order chi connectivity index (χ1) is 10.0. The van der Waals surface area contributed by atoms with Gasteiger partial charge in [0.15, 0.2) is 0 Å². The number of halogens is 1. The van der Waals surface area contributed by atoms with Crippen LogP contribution < -0.4 is 5.73 Å². The van der Waals surface area contributed by atoms with Gasteiger partial charge in [0, 0.05) is 19.6 Å². The lowest BCUT2D eigenvalue weighted by molar-refractivity contribution is 0.340. The highest BCUT2D eigenvalue weighted by molar-refractivity contribution is 7.89. The highest BCUT2D eigenvalue weighted by Gasteiger charge is 2.38. The van der Waals surface area contributed by atoms with E-state index in [1.54, 1.807) is 13.1 Å². The van der Waals surface area contributed by atoms with Gasteiger partial charge in [-0.05, 0) is 67.7 Å². The van der Waals surface area contributed by atoms with Crippen LogP contribution in [0.3, 0.4) is 0 Å². The normalized spacial score (nSPS) is 19.4. The fourth-order valence-corrected chi connectivity index (χ4v) is 4.81. The molecule has 1 fully saturated rings. The second-order valence-electron chi connectivity index (χ2n) is 6.30. The van der Waals surface area contributed by atoms with Crippen LogP contribution in [0.1, 0.15) is 36.8 Å². The number of hydrogen-bond acceptors (Lipinski definition) is 3. The minimum Gasteiger partial charge on any atom is -0.329 e. The number of hydrogen-bond donors (Lipinski definition) is 1. The van der Waals surface area contributed by atoms with E-state index in [9.17, 15) is 8.42 Å². The molecule has 0 bridgehead atoms. The first-order valence-corrected chi connectivity index (χ1v) is 9.28. The van der Waals surface area contributed by atoms with Gasteiger partial charge in [-0.3, -0.25) is 0 Å². The van der Waals surface area contributed by atoms with Crippen LogP contribution in [0.15, 0.2) is 23.1 Å². The quantitative estimate of drug-likeness (QED) is 0.891. The van der Waals surface area contributed by atoms with Crippen molar-refractivity contribution in [2.24, 2.45) is 11.7 Å². The van der Waals surface area contributed by atoms with Gasteiger partial charge in [0.2, 0.25) is 10.0 Å². The summed E-state index contributed by atoms with van der Waals surface area (Å²) in [7, 11) is -1.76. The van der Waals surface area contributed by atoms with E-state index in [-0.39, 0.29) is 18.4 Å². The summed E-state index contributed by atoms with van der Waals surface area (Å²) in [5, 5.41) is 0. The molecule has 0 saturated heterocycles. The highest BCUT2D eigenvalue weighted by atomic mass is 35.5. The molecule has 0 aromatic heterocycles. The van der Waals surface area contributed by atoms with Crippen LogP contribution in [0.4, 0.5) is 0 Å². The van der Waals surface area contributed by atoms with Crippen LogP contribution in [0.5, 0.6) is 0 Å². The third-order valence-corrected chi connectivity index (χ3v) is 6.75.